The molecule has 0 N–H and O–H groups in total. The van der Waals surface area contributed by atoms with Crippen LogP contribution < -0.4 is 0 Å². The van der Waals surface area contributed by atoms with Crippen molar-refractivity contribution in [3.05, 3.63) is 211 Å². The topological polar surface area (TPSA) is 47.5 Å². The van der Waals surface area contributed by atoms with Gasteiger partial charge in [-0.05, 0) is 83.4 Å². The number of fused-ring (bicyclic) bond motifs is 7. The highest BCUT2D eigenvalue weighted by Crippen LogP contribution is 2.50. The summed E-state index contributed by atoms with van der Waals surface area (Å²) in [5.41, 5.74) is 11.6. The summed E-state index contributed by atoms with van der Waals surface area (Å²) in [4.78, 5) is 1.36. The Labute approximate surface area is 318 Å². The third kappa shape index (κ3) is 4.87. The molecule has 3 heterocycles. The van der Waals surface area contributed by atoms with Gasteiger partial charge in [-0.25, -0.2) is 4.21 Å². The number of aromatic nitrogens is 1. The zero-order chi connectivity index (χ0) is 36.5. The van der Waals surface area contributed by atoms with Gasteiger partial charge in [0, 0.05) is 43.9 Å². The molecule has 0 saturated heterocycles. The summed E-state index contributed by atoms with van der Waals surface area (Å²) in [5.74, 6) is 0. The molecule has 0 saturated carbocycles. The molecule has 0 radical (unpaired) electrons. The molecule has 1 aliphatic heterocycles. The fourth-order valence-electron chi connectivity index (χ4n) is 8.36. The monoisotopic (exact) mass is 724 g/mol. The zero-order valence-electron chi connectivity index (χ0n) is 29.6. The highest BCUT2D eigenvalue weighted by Gasteiger charge is 2.33. The molecule has 4 nitrogen and oxygen atoms in total. The minimum Gasteiger partial charge on any atom is -0.456 e. The van der Waals surface area contributed by atoms with Gasteiger partial charge < -0.3 is 8.98 Å². The minimum atomic E-state index is -3.18. The summed E-state index contributed by atoms with van der Waals surface area (Å²) in [6.45, 7) is 0. The molecule has 10 aromatic rings. The molecule has 0 spiro atoms. The van der Waals surface area contributed by atoms with Gasteiger partial charge >= 0.3 is 0 Å². The van der Waals surface area contributed by atoms with Crippen LogP contribution in [0, 0.1) is 0 Å². The lowest BCUT2D eigenvalue weighted by Gasteiger charge is -2.26. The highest BCUT2D eigenvalue weighted by molar-refractivity contribution is 8.03. The van der Waals surface area contributed by atoms with Crippen LogP contribution in [-0.2, 0) is 9.73 Å². The molecule has 1 aliphatic rings. The maximum atomic E-state index is 16.0. The smallest absolute Gasteiger partial charge is 0.136 e. The third-order valence-corrected chi connectivity index (χ3v) is 13.1. The number of rotatable bonds is 5. The molecule has 0 bridgehead atoms. The van der Waals surface area contributed by atoms with Crippen molar-refractivity contribution < 1.29 is 8.63 Å². The first-order chi connectivity index (χ1) is 27.2. The van der Waals surface area contributed by atoms with Gasteiger partial charge in [-0.3, -0.25) is 0 Å². The van der Waals surface area contributed by atoms with Gasteiger partial charge in [-0.2, -0.15) is 4.36 Å². The van der Waals surface area contributed by atoms with Gasteiger partial charge in [-0.1, -0.05) is 127 Å². The average molecular weight is 725 g/mol. The van der Waals surface area contributed by atoms with Crippen LogP contribution >= 0.6 is 0 Å². The quantitative estimate of drug-likeness (QED) is 0.177. The zero-order valence-corrected chi connectivity index (χ0v) is 30.4. The summed E-state index contributed by atoms with van der Waals surface area (Å²) in [6.07, 6.45) is 0. The van der Waals surface area contributed by atoms with Gasteiger partial charge in [0.15, 0.2) is 0 Å². The minimum absolute atomic E-state index is 0.668. The lowest BCUT2D eigenvalue weighted by atomic mass is 9.92. The second kappa shape index (κ2) is 12.3. The van der Waals surface area contributed by atoms with Crippen molar-refractivity contribution in [3.63, 3.8) is 0 Å². The van der Waals surface area contributed by atoms with Crippen LogP contribution in [0.25, 0.3) is 71.0 Å². The molecule has 0 fully saturated rings. The van der Waals surface area contributed by atoms with Gasteiger partial charge in [0.2, 0.25) is 0 Å². The van der Waals surface area contributed by atoms with E-state index in [2.05, 4.69) is 120 Å². The first-order valence-corrected chi connectivity index (χ1v) is 19.9. The van der Waals surface area contributed by atoms with E-state index in [0.29, 0.717) is 9.80 Å². The molecular formula is C50H32N2O2S. The summed E-state index contributed by atoms with van der Waals surface area (Å²) < 4.78 is 30.0. The van der Waals surface area contributed by atoms with Crippen molar-refractivity contribution in [1.29, 1.82) is 0 Å². The molecule has 260 valence electrons. The molecular weight excluding hydrogens is 693 g/mol. The Morgan fingerprint density at radius 2 is 1.11 bits per heavy atom. The van der Waals surface area contributed by atoms with Gasteiger partial charge in [0.05, 0.1) is 26.5 Å². The normalized spacial score (nSPS) is 15.5. The second-order valence-electron chi connectivity index (χ2n) is 13.9. The van der Waals surface area contributed by atoms with Crippen LogP contribution in [0.5, 0.6) is 0 Å². The Kier molecular flexibility index (Phi) is 7.06. The Bertz CT molecular complexity index is 3300. The Morgan fingerprint density at radius 3 is 1.93 bits per heavy atom. The first-order valence-electron chi connectivity index (χ1n) is 18.4. The van der Waals surface area contributed by atoms with Crippen LogP contribution in [0.2, 0.25) is 0 Å². The van der Waals surface area contributed by atoms with E-state index in [-0.39, 0.29) is 0 Å². The molecule has 55 heavy (non-hydrogen) atoms. The lowest BCUT2D eigenvalue weighted by molar-refractivity contribution is 0.669. The molecule has 1 atom stereocenters. The summed E-state index contributed by atoms with van der Waals surface area (Å²) in [7, 11) is -3.18. The fourth-order valence-corrected chi connectivity index (χ4v) is 10.7. The number of nitrogens with zero attached hydrogens (tertiary/aromatic N) is 2. The average Bonchev–Trinajstić information content (AvgIpc) is 3.79. The van der Waals surface area contributed by atoms with Crippen LogP contribution in [0.1, 0.15) is 16.7 Å². The molecule has 0 aliphatic carbocycles. The molecule has 2 aromatic heterocycles. The van der Waals surface area contributed by atoms with Crippen molar-refractivity contribution in [1.82, 2.24) is 4.57 Å². The van der Waals surface area contributed by atoms with Crippen molar-refractivity contribution >= 4 is 69.6 Å². The fraction of sp³-hybridized carbons (Fsp3) is 0. The van der Waals surface area contributed by atoms with Gasteiger partial charge in [0.25, 0.3) is 0 Å². The first kappa shape index (κ1) is 31.6. The van der Waals surface area contributed by atoms with E-state index in [1.54, 1.807) is 0 Å². The second-order valence-corrected chi connectivity index (χ2v) is 16.0. The maximum Gasteiger partial charge on any atom is 0.136 e. The van der Waals surface area contributed by atoms with Crippen molar-refractivity contribution in [3.8, 4) is 16.8 Å². The standard InChI is InChI=1S/C50H32N2O2S/c53-55(37-19-8-3-9-20-37)50(48(33-15-4-1-5-16-33)39-22-10-12-24-43(39)51-55)40-23-14-26-47-49(40)42-32-35(28-30-46(42)54-47)34-27-29-45-41(31-34)38-21-11-13-25-44(38)52(45)36-17-6-2-7-18-36/h1-32H. The van der Waals surface area contributed by atoms with E-state index < -0.39 is 9.73 Å². The predicted molar refractivity (Wildman–Crippen MR) is 227 cm³/mol. The van der Waals surface area contributed by atoms with Gasteiger partial charge in [-0.15, -0.1) is 0 Å². The van der Waals surface area contributed by atoms with Crippen LogP contribution in [0.4, 0.5) is 5.69 Å². The van der Waals surface area contributed by atoms with E-state index in [4.69, 9.17) is 8.78 Å². The van der Waals surface area contributed by atoms with Crippen LogP contribution in [0.15, 0.2) is 208 Å². The Hall–Kier alpha value is -6.95. The predicted octanol–water partition coefficient (Wildman–Crippen LogP) is 13.4. The lowest BCUT2D eigenvalue weighted by Crippen LogP contribution is -2.11. The van der Waals surface area contributed by atoms with Crippen molar-refractivity contribution in [2.45, 2.75) is 4.90 Å². The molecule has 1 unspecified atom stereocenters. The number of furan rings is 1. The number of para-hydroxylation sites is 2. The van der Waals surface area contributed by atoms with Crippen molar-refractivity contribution in [2.24, 2.45) is 4.36 Å². The van der Waals surface area contributed by atoms with Crippen molar-refractivity contribution in [2.75, 3.05) is 0 Å². The molecule has 11 rings (SSSR count). The van der Waals surface area contributed by atoms with Crippen LogP contribution in [0.3, 0.4) is 0 Å². The third-order valence-electron chi connectivity index (χ3n) is 10.8. The summed E-state index contributed by atoms with van der Waals surface area (Å²) in [6, 6.07) is 66.4. The SMILES string of the molecule is O=S1(c2ccccc2)=Nc2ccccc2C(c2ccccc2)=C1c1cccc2oc3ccc(-c4ccc5c(c4)c4ccccc4n5-c4ccccc4)cc3c12. The summed E-state index contributed by atoms with van der Waals surface area (Å²) in [5, 5.41) is 4.28. The Morgan fingerprint density at radius 1 is 0.473 bits per heavy atom. The van der Waals surface area contributed by atoms with E-state index in [1.165, 1.54) is 16.3 Å². The van der Waals surface area contributed by atoms with E-state index in [1.807, 2.05) is 78.9 Å². The Balaban J connectivity index is 1.18. The van der Waals surface area contributed by atoms with E-state index in [0.717, 1.165) is 72.2 Å². The molecule has 0 amide bonds. The number of hydrogen-bond donors (Lipinski definition) is 0. The molecule has 5 heteroatoms. The number of hydrogen-bond acceptors (Lipinski definition) is 3. The van der Waals surface area contributed by atoms with E-state index in [9.17, 15) is 0 Å². The van der Waals surface area contributed by atoms with E-state index >= 15 is 4.21 Å². The summed E-state index contributed by atoms with van der Waals surface area (Å²) >= 11 is 0. The van der Waals surface area contributed by atoms with Crippen LogP contribution in [-0.4, -0.2) is 8.78 Å². The van der Waals surface area contributed by atoms with Gasteiger partial charge in [0.1, 0.15) is 20.9 Å². The largest absolute Gasteiger partial charge is 0.456 e. The number of benzene rings is 8. The maximum absolute atomic E-state index is 16.0. The molecule has 8 aromatic carbocycles. The highest BCUT2D eigenvalue weighted by atomic mass is 32.2.